The highest BCUT2D eigenvalue weighted by atomic mass is 35.5. The molecule has 0 saturated heterocycles. The van der Waals surface area contributed by atoms with Gasteiger partial charge in [-0.15, -0.1) is 13.2 Å². The molecule has 1 N–H and O–H groups in total. The second kappa shape index (κ2) is 11.3. The third-order valence-corrected chi connectivity index (χ3v) is 6.33. The molecule has 1 aliphatic carbocycles. The van der Waals surface area contributed by atoms with E-state index in [1.54, 1.807) is 18.2 Å². The first kappa shape index (κ1) is 27.4. The van der Waals surface area contributed by atoms with Gasteiger partial charge in [-0.3, -0.25) is 4.90 Å². The molecular formula is C24H26ClF6NO3. The monoisotopic (exact) mass is 525 g/mol. The zero-order valence-corrected chi connectivity index (χ0v) is 19.6. The number of para-hydroxylation sites is 1. The minimum atomic E-state index is -4.95. The maximum absolute atomic E-state index is 13.2. The smallest absolute Gasteiger partial charge is 0.490 e. The van der Waals surface area contributed by atoms with Gasteiger partial charge in [0.05, 0.1) is 0 Å². The molecule has 11 heteroatoms. The van der Waals surface area contributed by atoms with Gasteiger partial charge in [-0.25, -0.2) is 0 Å². The van der Waals surface area contributed by atoms with Crippen LogP contribution in [0, 0.1) is 6.92 Å². The third kappa shape index (κ3) is 8.18. The maximum Gasteiger partial charge on any atom is 0.573 e. The second-order valence-electron chi connectivity index (χ2n) is 8.61. The molecule has 1 aliphatic rings. The number of aliphatic hydroxyl groups excluding tert-OH is 1. The summed E-state index contributed by atoms with van der Waals surface area (Å²) in [7, 11) is 0. The number of aliphatic hydroxyl groups is 1. The van der Waals surface area contributed by atoms with Gasteiger partial charge in [0.15, 0.2) is 6.10 Å². The number of benzene rings is 2. The van der Waals surface area contributed by atoms with E-state index >= 15 is 0 Å². The second-order valence-corrected chi connectivity index (χ2v) is 9.02. The van der Waals surface area contributed by atoms with E-state index in [-0.39, 0.29) is 18.2 Å². The molecule has 4 nitrogen and oxygen atoms in total. The van der Waals surface area contributed by atoms with Crippen molar-refractivity contribution in [2.75, 3.05) is 6.54 Å². The highest BCUT2D eigenvalue weighted by molar-refractivity contribution is 6.31. The summed E-state index contributed by atoms with van der Waals surface area (Å²) in [6.07, 6.45) is -10.6. The number of hydrogen-bond donors (Lipinski definition) is 1. The largest absolute Gasteiger partial charge is 0.573 e. The standard InChI is InChI=1S/C24H26ClF6NO3/c1-15-11-19(9-10-20(15)25)34-18-7-4-6-17(12-18)32(14-22(33)23(26,27)28)13-16-5-2-3-8-21(16)35-24(29,30)31/h2-3,5,8-11,17-18,22,33H,4,6-7,12-14H2,1H3. The van der Waals surface area contributed by atoms with Crippen molar-refractivity contribution in [3.05, 3.63) is 58.6 Å². The SMILES string of the molecule is Cc1cc(OC2CCCC(N(Cc3ccccc3OC(F)(F)F)CC(O)C(F)(F)F)C2)ccc1Cl. The van der Waals surface area contributed by atoms with E-state index in [9.17, 15) is 31.4 Å². The van der Waals surface area contributed by atoms with E-state index in [4.69, 9.17) is 16.3 Å². The minimum absolute atomic E-state index is 0.0653. The molecule has 0 heterocycles. The maximum atomic E-state index is 13.2. The van der Waals surface area contributed by atoms with Gasteiger partial charge in [-0.05, 0) is 62.4 Å². The molecular weight excluding hydrogens is 500 g/mol. The van der Waals surface area contributed by atoms with E-state index in [0.29, 0.717) is 36.5 Å². The Hall–Kier alpha value is -2.17. The summed E-state index contributed by atoms with van der Waals surface area (Å²) in [5, 5.41) is 10.3. The summed E-state index contributed by atoms with van der Waals surface area (Å²) < 4.78 is 88.1. The molecule has 0 bridgehead atoms. The predicted octanol–water partition coefficient (Wildman–Crippen LogP) is 6.66. The molecule has 3 unspecified atom stereocenters. The van der Waals surface area contributed by atoms with Crippen LogP contribution in [0.1, 0.15) is 36.8 Å². The van der Waals surface area contributed by atoms with Crippen LogP contribution in [0.3, 0.4) is 0 Å². The molecule has 3 atom stereocenters. The van der Waals surface area contributed by atoms with Gasteiger partial charge in [0.25, 0.3) is 0 Å². The lowest BCUT2D eigenvalue weighted by molar-refractivity contribution is -0.275. The van der Waals surface area contributed by atoms with E-state index in [1.807, 2.05) is 6.92 Å². The van der Waals surface area contributed by atoms with Crippen LogP contribution < -0.4 is 9.47 Å². The lowest BCUT2D eigenvalue weighted by Gasteiger charge is -2.39. The van der Waals surface area contributed by atoms with Crippen molar-refractivity contribution in [2.24, 2.45) is 0 Å². The van der Waals surface area contributed by atoms with Crippen molar-refractivity contribution in [3.8, 4) is 11.5 Å². The van der Waals surface area contributed by atoms with Gasteiger partial charge in [-0.1, -0.05) is 29.8 Å². The van der Waals surface area contributed by atoms with Crippen molar-refractivity contribution >= 4 is 11.6 Å². The minimum Gasteiger partial charge on any atom is -0.490 e. The summed E-state index contributed by atoms with van der Waals surface area (Å²) in [4.78, 5) is 1.36. The number of rotatable bonds is 8. The van der Waals surface area contributed by atoms with Crippen LogP contribution in [-0.2, 0) is 6.54 Å². The number of ether oxygens (including phenoxy) is 2. The fourth-order valence-corrected chi connectivity index (χ4v) is 4.31. The van der Waals surface area contributed by atoms with Crippen molar-refractivity contribution in [2.45, 2.75) is 69.9 Å². The van der Waals surface area contributed by atoms with E-state index in [1.165, 1.54) is 23.1 Å². The first-order valence-electron chi connectivity index (χ1n) is 11.1. The Labute approximate surface area is 204 Å². The van der Waals surface area contributed by atoms with Gasteiger partial charge >= 0.3 is 12.5 Å². The normalized spacial score (nSPS) is 20.1. The summed E-state index contributed by atoms with van der Waals surface area (Å²) in [5.74, 6) is 0.0788. The molecule has 0 aliphatic heterocycles. The fraction of sp³-hybridized carbons (Fsp3) is 0.500. The van der Waals surface area contributed by atoms with Crippen LogP contribution in [-0.4, -0.2) is 47.3 Å². The number of aryl methyl sites for hydroxylation is 1. The third-order valence-electron chi connectivity index (χ3n) is 5.90. The molecule has 0 radical (unpaired) electrons. The molecule has 35 heavy (non-hydrogen) atoms. The average Bonchev–Trinajstić information content (AvgIpc) is 2.75. The topological polar surface area (TPSA) is 41.9 Å². The van der Waals surface area contributed by atoms with Crippen LogP contribution >= 0.6 is 11.6 Å². The number of alkyl halides is 6. The van der Waals surface area contributed by atoms with Crippen LogP contribution in [0.15, 0.2) is 42.5 Å². The predicted molar refractivity (Wildman–Crippen MR) is 118 cm³/mol. The summed E-state index contributed by atoms with van der Waals surface area (Å²) in [6.45, 7) is 0.762. The van der Waals surface area contributed by atoms with Gasteiger partial charge in [0.1, 0.15) is 17.6 Å². The van der Waals surface area contributed by atoms with Crippen molar-refractivity contribution in [1.82, 2.24) is 4.90 Å². The Morgan fingerprint density at radius 3 is 2.46 bits per heavy atom. The van der Waals surface area contributed by atoms with Crippen LogP contribution in [0.5, 0.6) is 11.5 Å². The lowest BCUT2D eigenvalue weighted by atomic mass is 9.91. The Bertz CT molecular complexity index is 984. The Kier molecular flexibility index (Phi) is 8.82. The van der Waals surface area contributed by atoms with Crippen LogP contribution in [0.2, 0.25) is 5.02 Å². The van der Waals surface area contributed by atoms with Gasteiger partial charge < -0.3 is 14.6 Å². The first-order chi connectivity index (χ1) is 16.3. The molecule has 0 amide bonds. The van der Waals surface area contributed by atoms with E-state index < -0.39 is 37.0 Å². The van der Waals surface area contributed by atoms with E-state index in [0.717, 1.165) is 11.6 Å². The highest BCUT2D eigenvalue weighted by Crippen LogP contribution is 2.33. The molecule has 194 valence electrons. The quantitative estimate of drug-likeness (QED) is 0.391. The van der Waals surface area contributed by atoms with Gasteiger partial charge in [-0.2, -0.15) is 13.2 Å². The summed E-state index contributed by atoms with van der Waals surface area (Å²) in [6, 6.07) is 9.99. The van der Waals surface area contributed by atoms with Crippen molar-refractivity contribution in [1.29, 1.82) is 0 Å². The van der Waals surface area contributed by atoms with Gasteiger partial charge in [0.2, 0.25) is 0 Å². The molecule has 2 aromatic carbocycles. The van der Waals surface area contributed by atoms with Crippen molar-refractivity contribution in [3.63, 3.8) is 0 Å². The Morgan fingerprint density at radius 2 is 1.80 bits per heavy atom. The zero-order valence-electron chi connectivity index (χ0n) is 18.9. The first-order valence-corrected chi connectivity index (χ1v) is 11.4. The average molecular weight is 526 g/mol. The molecule has 0 aromatic heterocycles. The zero-order chi connectivity index (χ0) is 25.8. The highest BCUT2D eigenvalue weighted by Gasteiger charge is 2.41. The fourth-order valence-electron chi connectivity index (χ4n) is 4.19. The molecule has 1 saturated carbocycles. The number of nitrogens with zero attached hydrogens (tertiary/aromatic N) is 1. The Morgan fingerprint density at radius 1 is 1.09 bits per heavy atom. The van der Waals surface area contributed by atoms with E-state index in [2.05, 4.69) is 4.74 Å². The van der Waals surface area contributed by atoms with Crippen LogP contribution in [0.25, 0.3) is 0 Å². The van der Waals surface area contributed by atoms with Gasteiger partial charge in [0, 0.05) is 29.7 Å². The lowest BCUT2D eigenvalue weighted by Crippen LogP contribution is -2.47. The molecule has 3 rings (SSSR count). The molecule has 0 spiro atoms. The van der Waals surface area contributed by atoms with Crippen molar-refractivity contribution < 1.29 is 40.9 Å². The van der Waals surface area contributed by atoms with Crippen LogP contribution in [0.4, 0.5) is 26.3 Å². The summed E-state index contributed by atoms with van der Waals surface area (Å²) >= 11 is 6.04. The number of hydrogen-bond acceptors (Lipinski definition) is 4. The number of halogens is 7. The Balaban J connectivity index is 1.80. The molecule has 1 fully saturated rings. The molecule has 2 aromatic rings. The summed E-state index contributed by atoms with van der Waals surface area (Å²) in [5.41, 5.74) is 0.878.